The van der Waals surface area contributed by atoms with E-state index < -0.39 is 0 Å². The van der Waals surface area contributed by atoms with Crippen molar-refractivity contribution in [2.24, 2.45) is 5.92 Å². The first-order valence-corrected chi connectivity index (χ1v) is 9.91. The van der Waals surface area contributed by atoms with Gasteiger partial charge in [0.1, 0.15) is 0 Å². The summed E-state index contributed by atoms with van der Waals surface area (Å²) in [5, 5.41) is 3.08. The SMILES string of the molecule is COc1ccc(CN2CCN(CC(=O)N[C@H](C)C(C)C)CC2)c(OC)c1OC. The van der Waals surface area contributed by atoms with E-state index in [1.54, 1.807) is 21.3 Å². The van der Waals surface area contributed by atoms with E-state index in [1.165, 1.54) is 0 Å². The second-order valence-electron chi connectivity index (χ2n) is 7.65. The Morgan fingerprint density at radius 1 is 0.964 bits per heavy atom. The summed E-state index contributed by atoms with van der Waals surface area (Å²) < 4.78 is 16.4. The van der Waals surface area contributed by atoms with E-state index in [4.69, 9.17) is 14.2 Å². The molecule has 0 radical (unpaired) electrons. The maximum absolute atomic E-state index is 12.2. The number of ether oxygens (including phenoxy) is 3. The van der Waals surface area contributed by atoms with Crippen molar-refractivity contribution < 1.29 is 19.0 Å². The van der Waals surface area contributed by atoms with Crippen LogP contribution in [0.3, 0.4) is 0 Å². The van der Waals surface area contributed by atoms with Crippen molar-refractivity contribution in [1.82, 2.24) is 15.1 Å². The van der Waals surface area contributed by atoms with Crippen LogP contribution in [0.2, 0.25) is 0 Å². The summed E-state index contributed by atoms with van der Waals surface area (Å²) in [6.07, 6.45) is 0. The topological polar surface area (TPSA) is 63.3 Å². The second kappa shape index (κ2) is 10.5. The first kappa shape index (κ1) is 22.3. The molecule has 1 aromatic carbocycles. The molecule has 1 saturated heterocycles. The molecule has 0 unspecified atom stereocenters. The van der Waals surface area contributed by atoms with E-state index in [0.717, 1.165) is 38.3 Å². The lowest BCUT2D eigenvalue weighted by atomic mass is 10.1. The average Bonchev–Trinajstić information content (AvgIpc) is 2.68. The van der Waals surface area contributed by atoms with Crippen LogP contribution in [0, 0.1) is 5.92 Å². The molecule has 158 valence electrons. The van der Waals surface area contributed by atoms with Crippen molar-refractivity contribution in [3.8, 4) is 17.2 Å². The quantitative estimate of drug-likeness (QED) is 0.692. The third-order valence-corrected chi connectivity index (χ3v) is 5.40. The number of nitrogens with one attached hydrogen (secondary N) is 1. The van der Waals surface area contributed by atoms with E-state index in [9.17, 15) is 4.79 Å². The highest BCUT2D eigenvalue weighted by Crippen LogP contribution is 2.40. The minimum absolute atomic E-state index is 0.108. The van der Waals surface area contributed by atoms with Gasteiger partial charge in [0.15, 0.2) is 11.5 Å². The predicted octanol–water partition coefficient (Wildman–Crippen LogP) is 1.99. The van der Waals surface area contributed by atoms with Crippen molar-refractivity contribution in [3.63, 3.8) is 0 Å². The van der Waals surface area contributed by atoms with Gasteiger partial charge in [0, 0.05) is 44.3 Å². The normalized spacial score (nSPS) is 16.7. The summed E-state index contributed by atoms with van der Waals surface area (Å²) in [6.45, 7) is 11.1. The zero-order valence-electron chi connectivity index (χ0n) is 18.1. The third kappa shape index (κ3) is 5.75. The van der Waals surface area contributed by atoms with Gasteiger partial charge in [-0.1, -0.05) is 19.9 Å². The van der Waals surface area contributed by atoms with Gasteiger partial charge in [-0.05, 0) is 18.9 Å². The van der Waals surface area contributed by atoms with Gasteiger partial charge in [0.2, 0.25) is 11.7 Å². The van der Waals surface area contributed by atoms with Crippen LogP contribution in [0.25, 0.3) is 0 Å². The summed E-state index contributed by atoms with van der Waals surface area (Å²) in [6, 6.07) is 4.13. The summed E-state index contributed by atoms with van der Waals surface area (Å²) in [5.74, 6) is 2.55. The van der Waals surface area contributed by atoms with Gasteiger partial charge in [0.05, 0.1) is 27.9 Å². The third-order valence-electron chi connectivity index (χ3n) is 5.40. The molecule has 1 aliphatic heterocycles. The number of nitrogens with zero attached hydrogens (tertiary/aromatic N) is 2. The number of piperazine rings is 1. The molecule has 1 atom stereocenters. The number of rotatable bonds is 9. The summed E-state index contributed by atoms with van der Waals surface area (Å²) in [7, 11) is 4.89. The van der Waals surface area contributed by atoms with Crippen molar-refractivity contribution in [3.05, 3.63) is 17.7 Å². The van der Waals surface area contributed by atoms with Crippen LogP contribution in [0.1, 0.15) is 26.3 Å². The molecule has 0 saturated carbocycles. The lowest BCUT2D eigenvalue weighted by Gasteiger charge is -2.35. The molecule has 2 rings (SSSR count). The standard InChI is InChI=1S/C21H35N3O4/c1-15(2)16(3)22-19(25)14-24-11-9-23(10-12-24)13-17-7-8-18(26-4)21(28-6)20(17)27-5/h7-8,15-16H,9-14H2,1-6H3,(H,22,25)/t16-/m1/s1. The fourth-order valence-electron chi connectivity index (χ4n) is 3.30. The number of benzene rings is 1. The van der Waals surface area contributed by atoms with Crippen molar-refractivity contribution in [1.29, 1.82) is 0 Å². The first-order chi connectivity index (χ1) is 13.4. The van der Waals surface area contributed by atoms with E-state index >= 15 is 0 Å². The van der Waals surface area contributed by atoms with Crippen molar-refractivity contribution in [2.75, 3.05) is 54.1 Å². The fraction of sp³-hybridized carbons (Fsp3) is 0.667. The molecule has 0 aliphatic carbocycles. The van der Waals surface area contributed by atoms with Crippen molar-refractivity contribution >= 4 is 5.91 Å². The minimum Gasteiger partial charge on any atom is -0.493 e. The Bertz CT molecular complexity index is 643. The molecule has 1 fully saturated rings. The highest BCUT2D eigenvalue weighted by molar-refractivity contribution is 5.78. The second-order valence-corrected chi connectivity index (χ2v) is 7.65. The molecule has 0 bridgehead atoms. The summed E-state index contributed by atoms with van der Waals surface area (Å²) in [5.41, 5.74) is 1.07. The van der Waals surface area contributed by atoms with Crippen LogP contribution in [-0.2, 0) is 11.3 Å². The molecule has 28 heavy (non-hydrogen) atoms. The average molecular weight is 394 g/mol. The fourth-order valence-corrected chi connectivity index (χ4v) is 3.30. The molecule has 0 spiro atoms. The van der Waals surface area contributed by atoms with Crippen LogP contribution < -0.4 is 19.5 Å². The highest BCUT2D eigenvalue weighted by Gasteiger charge is 2.22. The van der Waals surface area contributed by atoms with Crippen LogP contribution in [0.5, 0.6) is 17.2 Å². The predicted molar refractivity (Wildman–Crippen MR) is 110 cm³/mol. The van der Waals surface area contributed by atoms with Crippen LogP contribution >= 0.6 is 0 Å². The Morgan fingerprint density at radius 3 is 2.11 bits per heavy atom. The molecular formula is C21H35N3O4. The first-order valence-electron chi connectivity index (χ1n) is 9.91. The maximum Gasteiger partial charge on any atom is 0.234 e. The van der Waals surface area contributed by atoms with Crippen molar-refractivity contribution in [2.45, 2.75) is 33.4 Å². The summed E-state index contributed by atoms with van der Waals surface area (Å²) in [4.78, 5) is 16.8. The number of amides is 1. The molecule has 1 aromatic rings. The van der Waals surface area contributed by atoms with E-state index in [1.807, 2.05) is 12.1 Å². The van der Waals surface area contributed by atoms with E-state index in [2.05, 4.69) is 35.9 Å². The molecule has 7 heteroatoms. The molecule has 7 nitrogen and oxygen atoms in total. The van der Waals surface area contributed by atoms with Gasteiger partial charge >= 0.3 is 0 Å². The lowest BCUT2D eigenvalue weighted by molar-refractivity contribution is -0.123. The van der Waals surface area contributed by atoms with Gasteiger partial charge in [-0.2, -0.15) is 0 Å². The molecule has 1 N–H and O–H groups in total. The molecule has 1 aliphatic rings. The Labute approximate surface area is 168 Å². The van der Waals surface area contributed by atoms with Crippen LogP contribution in [0.4, 0.5) is 0 Å². The highest BCUT2D eigenvalue weighted by atomic mass is 16.5. The Hall–Kier alpha value is -1.99. The maximum atomic E-state index is 12.2. The van der Waals surface area contributed by atoms with Gasteiger partial charge in [-0.25, -0.2) is 0 Å². The van der Waals surface area contributed by atoms with Gasteiger partial charge in [-0.15, -0.1) is 0 Å². The van der Waals surface area contributed by atoms with Crippen LogP contribution in [-0.4, -0.2) is 75.8 Å². The number of carbonyl (C=O) groups excluding carboxylic acids is 1. The number of methoxy groups -OCH3 is 3. The Morgan fingerprint density at radius 2 is 1.57 bits per heavy atom. The summed E-state index contributed by atoms with van der Waals surface area (Å²) >= 11 is 0. The largest absolute Gasteiger partial charge is 0.493 e. The van der Waals surface area contributed by atoms with Gasteiger partial charge in [-0.3, -0.25) is 14.6 Å². The number of hydrogen-bond donors (Lipinski definition) is 1. The van der Waals surface area contributed by atoms with Gasteiger partial charge in [0.25, 0.3) is 0 Å². The Balaban J connectivity index is 1.90. The van der Waals surface area contributed by atoms with E-state index in [-0.39, 0.29) is 11.9 Å². The number of hydrogen-bond acceptors (Lipinski definition) is 6. The smallest absolute Gasteiger partial charge is 0.234 e. The molecule has 1 amide bonds. The monoisotopic (exact) mass is 393 g/mol. The zero-order chi connectivity index (χ0) is 20.7. The minimum atomic E-state index is 0.108. The van der Waals surface area contributed by atoms with Crippen LogP contribution in [0.15, 0.2) is 12.1 Å². The Kier molecular flexibility index (Phi) is 8.38. The molecular weight excluding hydrogens is 358 g/mol. The lowest BCUT2D eigenvalue weighted by Crippen LogP contribution is -2.50. The zero-order valence-corrected chi connectivity index (χ0v) is 18.1. The number of carbonyl (C=O) groups is 1. The molecule has 0 aromatic heterocycles. The van der Waals surface area contributed by atoms with E-state index in [0.29, 0.717) is 29.7 Å². The molecule has 1 heterocycles. The van der Waals surface area contributed by atoms with Gasteiger partial charge < -0.3 is 19.5 Å².